The summed E-state index contributed by atoms with van der Waals surface area (Å²) >= 11 is 0. The van der Waals surface area contributed by atoms with Gasteiger partial charge in [-0.2, -0.15) is 10.2 Å². The van der Waals surface area contributed by atoms with E-state index >= 15 is 0 Å². The van der Waals surface area contributed by atoms with E-state index in [1.165, 1.54) is 6.33 Å². The number of nitrogens with zero attached hydrogens (tertiary/aromatic N) is 5. The van der Waals surface area contributed by atoms with Gasteiger partial charge in [0.2, 0.25) is 5.91 Å². The van der Waals surface area contributed by atoms with E-state index in [1.807, 2.05) is 23.0 Å². The highest BCUT2D eigenvalue weighted by molar-refractivity contribution is 5.98. The number of piperidine rings is 1. The summed E-state index contributed by atoms with van der Waals surface area (Å²) in [6.07, 6.45) is 6.98. The number of nitrogens with one attached hydrogen (secondary N) is 3. The van der Waals surface area contributed by atoms with Gasteiger partial charge in [-0.25, -0.2) is 9.67 Å². The number of rotatable bonds is 6. The molecule has 2 amide bonds. The van der Waals surface area contributed by atoms with Gasteiger partial charge >= 0.3 is 0 Å². The number of anilines is 1. The maximum atomic E-state index is 12.3. The first-order valence-corrected chi connectivity index (χ1v) is 9.48. The van der Waals surface area contributed by atoms with Crippen LogP contribution in [0.2, 0.25) is 0 Å². The van der Waals surface area contributed by atoms with E-state index < -0.39 is 0 Å². The standard InChI is InChI=1S/C19H22N8O2/c28-18(24-14-3-5-15(6-4-14)27-13-21-12-23-27)11-22-19(29)17-7-9-26(25-17)16-2-1-8-20-10-16/h3-7,9,12-13,16,20H,1-2,8,10-11H2,(H,22,29)(H,24,28). The molecule has 0 bridgehead atoms. The Bertz CT molecular complexity index is 959. The molecule has 0 spiro atoms. The zero-order valence-electron chi connectivity index (χ0n) is 15.8. The Hall–Kier alpha value is -3.53. The lowest BCUT2D eigenvalue weighted by Gasteiger charge is -2.22. The predicted molar refractivity (Wildman–Crippen MR) is 106 cm³/mol. The highest BCUT2D eigenvalue weighted by Crippen LogP contribution is 2.15. The van der Waals surface area contributed by atoms with Gasteiger partial charge < -0.3 is 16.0 Å². The van der Waals surface area contributed by atoms with E-state index in [0.717, 1.165) is 31.6 Å². The first kappa shape index (κ1) is 18.8. The minimum atomic E-state index is -0.371. The molecule has 0 saturated carbocycles. The van der Waals surface area contributed by atoms with E-state index in [9.17, 15) is 9.59 Å². The van der Waals surface area contributed by atoms with Crippen LogP contribution in [0.1, 0.15) is 29.4 Å². The Labute approximate surface area is 167 Å². The fourth-order valence-corrected chi connectivity index (χ4v) is 3.22. The van der Waals surface area contributed by atoms with Gasteiger partial charge in [0.1, 0.15) is 18.3 Å². The summed E-state index contributed by atoms with van der Waals surface area (Å²) in [7, 11) is 0. The molecule has 1 fully saturated rings. The van der Waals surface area contributed by atoms with Crippen LogP contribution in [0, 0.1) is 0 Å². The molecule has 3 heterocycles. The maximum Gasteiger partial charge on any atom is 0.272 e. The van der Waals surface area contributed by atoms with Gasteiger partial charge in [0.05, 0.1) is 18.3 Å². The summed E-state index contributed by atoms with van der Waals surface area (Å²) in [6.45, 7) is 1.73. The SMILES string of the molecule is O=C(CNC(=O)c1ccn(C2CCCNC2)n1)Nc1ccc(-n2cncn2)cc1. The van der Waals surface area contributed by atoms with Crippen LogP contribution in [-0.2, 0) is 4.79 Å². The van der Waals surface area contributed by atoms with Crippen LogP contribution in [0.4, 0.5) is 5.69 Å². The third-order valence-corrected chi connectivity index (χ3v) is 4.73. The van der Waals surface area contributed by atoms with E-state index in [1.54, 1.807) is 29.2 Å². The summed E-state index contributed by atoms with van der Waals surface area (Å²) in [5, 5.41) is 17.1. The number of amides is 2. The summed E-state index contributed by atoms with van der Waals surface area (Å²) in [4.78, 5) is 28.3. The molecular formula is C19H22N8O2. The molecule has 10 heteroatoms. The number of aromatic nitrogens is 5. The van der Waals surface area contributed by atoms with Gasteiger partial charge in [-0.15, -0.1) is 0 Å². The van der Waals surface area contributed by atoms with Gasteiger partial charge in [-0.1, -0.05) is 0 Å². The van der Waals surface area contributed by atoms with Crippen molar-refractivity contribution in [3.63, 3.8) is 0 Å². The lowest BCUT2D eigenvalue weighted by atomic mass is 10.1. The summed E-state index contributed by atoms with van der Waals surface area (Å²) < 4.78 is 3.44. The zero-order chi connectivity index (χ0) is 20.1. The monoisotopic (exact) mass is 394 g/mol. The summed E-state index contributed by atoms with van der Waals surface area (Å²) in [5.74, 6) is -0.688. The molecule has 1 unspecified atom stereocenters. The molecule has 150 valence electrons. The second kappa shape index (κ2) is 8.65. The van der Waals surface area contributed by atoms with Gasteiger partial charge in [-0.3, -0.25) is 14.3 Å². The highest BCUT2D eigenvalue weighted by Gasteiger charge is 2.18. The van der Waals surface area contributed by atoms with Crippen molar-refractivity contribution in [2.45, 2.75) is 18.9 Å². The average Bonchev–Trinajstić information content (AvgIpc) is 3.46. The topological polar surface area (TPSA) is 119 Å². The number of hydrogen-bond acceptors (Lipinski definition) is 6. The molecule has 1 aliphatic rings. The van der Waals surface area contributed by atoms with Crippen molar-refractivity contribution >= 4 is 17.5 Å². The van der Waals surface area contributed by atoms with Crippen LogP contribution in [-0.4, -0.2) is 56.0 Å². The molecular weight excluding hydrogens is 372 g/mol. The predicted octanol–water partition coefficient (Wildman–Crippen LogP) is 0.757. The molecule has 0 radical (unpaired) electrons. The Morgan fingerprint density at radius 2 is 2.07 bits per heavy atom. The molecule has 0 aliphatic carbocycles. The van der Waals surface area contributed by atoms with Gasteiger partial charge in [0.15, 0.2) is 0 Å². The van der Waals surface area contributed by atoms with E-state index in [-0.39, 0.29) is 24.4 Å². The molecule has 1 atom stereocenters. The molecule has 3 aromatic rings. The summed E-state index contributed by atoms with van der Waals surface area (Å²) in [6, 6.07) is 9.08. The van der Waals surface area contributed by atoms with Crippen molar-refractivity contribution in [1.29, 1.82) is 0 Å². The Balaban J connectivity index is 1.27. The van der Waals surface area contributed by atoms with Crippen molar-refractivity contribution in [3.05, 3.63) is 54.9 Å². The minimum Gasteiger partial charge on any atom is -0.342 e. The fraction of sp³-hybridized carbons (Fsp3) is 0.316. The van der Waals surface area contributed by atoms with Crippen molar-refractivity contribution < 1.29 is 9.59 Å². The lowest BCUT2D eigenvalue weighted by Crippen LogP contribution is -2.34. The number of carbonyl (C=O) groups is 2. The summed E-state index contributed by atoms with van der Waals surface area (Å²) in [5.41, 5.74) is 1.76. The van der Waals surface area contributed by atoms with Gasteiger partial charge in [0, 0.05) is 18.4 Å². The average molecular weight is 394 g/mol. The normalized spacial score (nSPS) is 16.3. The van der Waals surface area contributed by atoms with Crippen LogP contribution < -0.4 is 16.0 Å². The second-order valence-corrected chi connectivity index (χ2v) is 6.80. The van der Waals surface area contributed by atoms with Crippen LogP contribution in [0.5, 0.6) is 0 Å². The molecule has 1 aromatic carbocycles. The Morgan fingerprint density at radius 1 is 1.21 bits per heavy atom. The quantitative estimate of drug-likeness (QED) is 0.568. The lowest BCUT2D eigenvalue weighted by molar-refractivity contribution is -0.115. The van der Waals surface area contributed by atoms with Gasteiger partial charge in [0.25, 0.3) is 5.91 Å². The third-order valence-electron chi connectivity index (χ3n) is 4.73. The molecule has 29 heavy (non-hydrogen) atoms. The zero-order valence-corrected chi connectivity index (χ0v) is 15.8. The largest absolute Gasteiger partial charge is 0.342 e. The first-order chi connectivity index (χ1) is 14.2. The van der Waals surface area contributed by atoms with E-state index in [2.05, 4.69) is 31.1 Å². The first-order valence-electron chi connectivity index (χ1n) is 9.48. The number of carbonyl (C=O) groups excluding carboxylic acids is 2. The fourth-order valence-electron chi connectivity index (χ4n) is 3.22. The van der Waals surface area contributed by atoms with Crippen LogP contribution in [0.15, 0.2) is 49.2 Å². The molecule has 2 aromatic heterocycles. The number of hydrogen-bond donors (Lipinski definition) is 3. The van der Waals surface area contributed by atoms with Crippen molar-refractivity contribution in [1.82, 2.24) is 35.2 Å². The maximum absolute atomic E-state index is 12.3. The number of benzene rings is 1. The molecule has 4 rings (SSSR count). The Kier molecular flexibility index (Phi) is 5.61. The smallest absolute Gasteiger partial charge is 0.272 e. The van der Waals surface area contributed by atoms with Crippen LogP contribution in [0.25, 0.3) is 5.69 Å². The van der Waals surface area contributed by atoms with E-state index in [0.29, 0.717) is 11.4 Å². The molecule has 1 aliphatic heterocycles. The van der Waals surface area contributed by atoms with Crippen molar-refractivity contribution in [2.24, 2.45) is 0 Å². The van der Waals surface area contributed by atoms with E-state index in [4.69, 9.17) is 0 Å². The third kappa shape index (κ3) is 4.66. The van der Waals surface area contributed by atoms with Crippen molar-refractivity contribution in [2.75, 3.05) is 25.0 Å². The molecule has 10 nitrogen and oxygen atoms in total. The van der Waals surface area contributed by atoms with Crippen LogP contribution >= 0.6 is 0 Å². The molecule has 1 saturated heterocycles. The Morgan fingerprint density at radius 3 is 2.79 bits per heavy atom. The van der Waals surface area contributed by atoms with Gasteiger partial charge in [-0.05, 0) is 49.7 Å². The molecule has 3 N–H and O–H groups in total. The van der Waals surface area contributed by atoms with Crippen LogP contribution in [0.3, 0.4) is 0 Å². The second-order valence-electron chi connectivity index (χ2n) is 6.80. The highest BCUT2D eigenvalue weighted by atomic mass is 16.2. The minimum absolute atomic E-state index is 0.137. The van der Waals surface area contributed by atoms with Crippen molar-refractivity contribution in [3.8, 4) is 5.69 Å².